The van der Waals surface area contributed by atoms with Gasteiger partial charge in [0.2, 0.25) is 5.91 Å². The van der Waals surface area contributed by atoms with Crippen molar-refractivity contribution in [3.05, 3.63) is 48.0 Å². The van der Waals surface area contributed by atoms with Crippen molar-refractivity contribution in [2.45, 2.75) is 30.5 Å². The van der Waals surface area contributed by atoms with Gasteiger partial charge < -0.3 is 14.2 Å². The third-order valence-electron chi connectivity index (χ3n) is 5.57. The van der Waals surface area contributed by atoms with Crippen LogP contribution in [0.4, 0.5) is 4.39 Å². The lowest BCUT2D eigenvalue weighted by Gasteiger charge is -2.29. The van der Waals surface area contributed by atoms with Crippen LogP contribution < -0.4 is 4.74 Å². The molecule has 29 heavy (non-hydrogen) atoms. The molecule has 0 spiro atoms. The monoisotopic (exact) mass is 411 g/mol. The van der Waals surface area contributed by atoms with Crippen LogP contribution in [0, 0.1) is 0 Å². The number of ether oxygens (including phenoxy) is 1. The van der Waals surface area contributed by atoms with Crippen LogP contribution in [0.3, 0.4) is 0 Å². The Morgan fingerprint density at radius 1 is 1.21 bits per heavy atom. The number of aryl methyl sites for hydroxylation is 1. The molecule has 0 bridgehead atoms. The molecule has 0 aliphatic carbocycles. The number of nitrogens with zero attached hydrogens (tertiary/aromatic N) is 2. The molecule has 6 heteroatoms. The lowest BCUT2D eigenvalue weighted by molar-refractivity contribution is -0.130. The van der Waals surface area contributed by atoms with Crippen LogP contribution in [-0.2, 0) is 11.3 Å². The van der Waals surface area contributed by atoms with Crippen molar-refractivity contribution in [3.63, 3.8) is 0 Å². The minimum absolute atomic E-state index is 0.103. The molecule has 1 aliphatic heterocycles. The molecule has 1 atom stereocenters. The maximum absolute atomic E-state index is 13.6. The summed E-state index contributed by atoms with van der Waals surface area (Å²) in [4.78, 5) is 16.4. The summed E-state index contributed by atoms with van der Waals surface area (Å²) in [6, 6.07) is 13.9. The molecule has 2 aromatic carbocycles. The van der Waals surface area contributed by atoms with E-state index in [9.17, 15) is 9.18 Å². The number of likely N-dealkylation sites (N-methyl/N-ethyl adjacent to an activating group) is 1. The first kappa shape index (κ1) is 19.8. The molecule has 0 fully saturated rings. The van der Waals surface area contributed by atoms with Gasteiger partial charge >= 0.3 is 0 Å². The minimum Gasteiger partial charge on any atom is -0.497 e. The molecule has 0 radical (unpaired) electrons. The first-order chi connectivity index (χ1) is 14.1. The lowest BCUT2D eigenvalue weighted by Crippen LogP contribution is -2.34. The highest BCUT2D eigenvalue weighted by Gasteiger charge is 2.37. The number of hydrogen-bond acceptors (Lipinski definition) is 3. The number of thioether (sulfide) groups is 1. The van der Waals surface area contributed by atoms with Gasteiger partial charge in [0.05, 0.1) is 24.9 Å². The van der Waals surface area contributed by atoms with Crippen molar-refractivity contribution in [2.75, 3.05) is 26.9 Å². The van der Waals surface area contributed by atoms with E-state index in [1.54, 1.807) is 18.9 Å². The highest BCUT2D eigenvalue weighted by atomic mass is 32.2. The molecule has 2 heterocycles. The highest BCUT2D eigenvalue weighted by Crippen LogP contribution is 2.53. The molecule has 1 amide bonds. The van der Waals surface area contributed by atoms with Gasteiger partial charge in [0.25, 0.3) is 0 Å². The zero-order valence-corrected chi connectivity index (χ0v) is 17.8. The van der Waals surface area contributed by atoms with E-state index in [-0.39, 0.29) is 17.7 Å². The molecular formula is C23H25FN2O2S. The van der Waals surface area contributed by atoms with Crippen molar-refractivity contribution in [1.29, 1.82) is 0 Å². The van der Waals surface area contributed by atoms with E-state index in [1.165, 1.54) is 0 Å². The Balaban J connectivity index is 2.04. The molecule has 1 unspecified atom stereocenters. The van der Waals surface area contributed by atoms with Gasteiger partial charge in [-0.1, -0.05) is 18.2 Å². The normalized spacial score (nSPS) is 15.1. The first-order valence-corrected chi connectivity index (χ1v) is 10.8. The van der Waals surface area contributed by atoms with Crippen LogP contribution in [0.25, 0.3) is 22.2 Å². The zero-order chi connectivity index (χ0) is 20.5. The zero-order valence-electron chi connectivity index (χ0n) is 16.9. The van der Waals surface area contributed by atoms with Crippen LogP contribution >= 0.6 is 11.8 Å². The number of fused-ring (bicyclic) bond motifs is 5. The molecule has 0 saturated carbocycles. The van der Waals surface area contributed by atoms with Crippen molar-refractivity contribution >= 4 is 28.6 Å². The van der Waals surface area contributed by atoms with E-state index in [1.807, 2.05) is 59.7 Å². The SMILES string of the molecule is CCN(CC)C(=O)C1Sc2ccccc2-c2c1c1ccc(OC)cc1n2CC[18F]. The summed E-state index contributed by atoms with van der Waals surface area (Å²) in [7, 11) is 1.63. The second kappa shape index (κ2) is 8.11. The van der Waals surface area contributed by atoms with Gasteiger partial charge in [0.1, 0.15) is 17.7 Å². The standard InChI is InChI=1S/C23H25FN2O2S/c1-4-25(5-2)23(27)22-20-16-11-10-15(28-3)14-18(16)26(13-12-24)21(20)17-8-6-7-9-19(17)29-22/h6-11,14,22H,4-5,12-13H2,1-3H3/i24-1. The summed E-state index contributed by atoms with van der Waals surface area (Å²) in [5.74, 6) is 0.825. The largest absolute Gasteiger partial charge is 0.497 e. The Labute approximate surface area is 174 Å². The molecule has 152 valence electrons. The topological polar surface area (TPSA) is 34.5 Å². The fourth-order valence-electron chi connectivity index (χ4n) is 4.18. The molecule has 1 aromatic heterocycles. The Morgan fingerprint density at radius 3 is 2.66 bits per heavy atom. The molecule has 0 saturated heterocycles. The average Bonchev–Trinajstić information content (AvgIpc) is 3.08. The predicted octanol–water partition coefficient (Wildman–Crippen LogP) is 5.30. The van der Waals surface area contributed by atoms with Crippen molar-refractivity contribution in [3.8, 4) is 17.0 Å². The van der Waals surface area contributed by atoms with Gasteiger partial charge in [0.15, 0.2) is 0 Å². The predicted molar refractivity (Wildman–Crippen MR) is 116 cm³/mol. The summed E-state index contributed by atoms with van der Waals surface area (Å²) in [5, 5.41) is 0.637. The molecule has 0 N–H and O–H groups in total. The molecule has 4 nitrogen and oxygen atoms in total. The Bertz CT molecular complexity index is 1060. The minimum atomic E-state index is -0.475. The van der Waals surface area contributed by atoms with E-state index in [0.717, 1.165) is 38.4 Å². The average molecular weight is 412 g/mol. The molecule has 3 aromatic rings. The molecule has 4 rings (SSSR count). The van der Waals surface area contributed by atoms with E-state index in [2.05, 4.69) is 6.07 Å². The van der Waals surface area contributed by atoms with Crippen molar-refractivity contribution < 1.29 is 13.9 Å². The van der Waals surface area contributed by atoms with E-state index in [0.29, 0.717) is 13.1 Å². The fraction of sp³-hybridized carbons (Fsp3) is 0.348. The summed E-state index contributed by atoms with van der Waals surface area (Å²) in [6.45, 7) is 5.10. The first-order valence-electron chi connectivity index (χ1n) is 9.95. The van der Waals surface area contributed by atoms with Crippen molar-refractivity contribution in [1.82, 2.24) is 9.47 Å². The van der Waals surface area contributed by atoms with Crippen LogP contribution in [0.1, 0.15) is 24.7 Å². The Morgan fingerprint density at radius 2 is 1.97 bits per heavy atom. The number of halogens is 1. The third-order valence-corrected chi connectivity index (χ3v) is 6.85. The number of carbonyl (C=O) groups excluding carboxylic acids is 1. The molecular weight excluding hydrogens is 386 g/mol. The van der Waals surface area contributed by atoms with E-state index in [4.69, 9.17) is 4.74 Å². The lowest BCUT2D eigenvalue weighted by atomic mass is 10.0. The molecule has 1 aliphatic rings. The van der Waals surface area contributed by atoms with E-state index >= 15 is 0 Å². The number of carbonyl (C=O) groups is 1. The number of rotatable bonds is 6. The fourth-order valence-corrected chi connectivity index (χ4v) is 5.49. The van der Waals surface area contributed by atoms with Gasteiger partial charge in [-0.15, -0.1) is 11.8 Å². The van der Waals surface area contributed by atoms with Gasteiger partial charge in [-0.3, -0.25) is 4.79 Å². The summed E-state index contributed by atoms with van der Waals surface area (Å²) >= 11 is 1.59. The van der Waals surface area contributed by atoms with Crippen LogP contribution in [0.5, 0.6) is 5.75 Å². The smallest absolute Gasteiger partial charge is 0.240 e. The Kier molecular flexibility index (Phi) is 5.54. The number of methoxy groups -OCH3 is 1. The van der Waals surface area contributed by atoms with Gasteiger partial charge in [0, 0.05) is 40.6 Å². The number of aromatic nitrogens is 1. The van der Waals surface area contributed by atoms with Gasteiger partial charge in [-0.05, 0) is 32.0 Å². The maximum atomic E-state index is 13.6. The second-order valence-corrected chi connectivity index (χ2v) is 8.14. The van der Waals surface area contributed by atoms with Gasteiger partial charge in [-0.2, -0.15) is 0 Å². The summed E-state index contributed by atoms with van der Waals surface area (Å²) in [5.41, 5.74) is 3.89. The van der Waals surface area contributed by atoms with Crippen molar-refractivity contribution in [2.24, 2.45) is 0 Å². The number of benzene rings is 2. The third kappa shape index (κ3) is 3.19. The number of alkyl halides is 1. The highest BCUT2D eigenvalue weighted by molar-refractivity contribution is 8.00. The van der Waals surface area contributed by atoms with E-state index < -0.39 is 6.67 Å². The second-order valence-electron chi connectivity index (χ2n) is 6.99. The maximum Gasteiger partial charge on any atom is 0.240 e. The summed E-state index contributed by atoms with van der Waals surface area (Å²) < 4.78 is 21.0. The number of amides is 1. The van der Waals surface area contributed by atoms with Crippen LogP contribution in [0.2, 0.25) is 0 Å². The summed E-state index contributed by atoms with van der Waals surface area (Å²) in [6.07, 6.45) is 0. The number of hydrogen-bond donors (Lipinski definition) is 0. The Hall–Kier alpha value is -2.47. The van der Waals surface area contributed by atoms with Gasteiger partial charge in [-0.25, -0.2) is 4.39 Å². The van der Waals surface area contributed by atoms with Crippen LogP contribution in [0.15, 0.2) is 47.4 Å². The quantitative estimate of drug-likeness (QED) is 0.552. The van der Waals surface area contributed by atoms with Crippen LogP contribution in [-0.4, -0.2) is 42.2 Å².